The molecular formula is C7H11ClN2O2. The van der Waals surface area contributed by atoms with Crippen LogP contribution < -0.4 is 0 Å². The van der Waals surface area contributed by atoms with E-state index in [9.17, 15) is 0 Å². The first-order valence-electron chi connectivity index (χ1n) is 3.73. The SMILES string of the molecule is COCCCc1nnc(CCl)o1. The zero-order valence-corrected chi connectivity index (χ0v) is 7.67. The molecule has 0 atom stereocenters. The van der Waals surface area contributed by atoms with Crippen LogP contribution in [0.15, 0.2) is 4.42 Å². The average Bonchev–Trinajstić information content (AvgIpc) is 2.53. The van der Waals surface area contributed by atoms with E-state index in [0.717, 1.165) is 12.8 Å². The Balaban J connectivity index is 2.31. The minimum atomic E-state index is 0.275. The van der Waals surface area contributed by atoms with E-state index in [2.05, 4.69) is 10.2 Å². The van der Waals surface area contributed by atoms with Gasteiger partial charge in [-0.15, -0.1) is 21.8 Å². The molecule has 5 heteroatoms. The molecule has 0 aromatic carbocycles. The van der Waals surface area contributed by atoms with Gasteiger partial charge in [0.1, 0.15) is 5.88 Å². The number of alkyl halides is 1. The third-order valence-electron chi connectivity index (χ3n) is 1.36. The van der Waals surface area contributed by atoms with Gasteiger partial charge in [0.25, 0.3) is 0 Å². The summed E-state index contributed by atoms with van der Waals surface area (Å²) in [4.78, 5) is 0. The molecule has 0 bridgehead atoms. The molecule has 0 radical (unpaired) electrons. The Hall–Kier alpha value is -0.610. The number of nitrogens with zero attached hydrogens (tertiary/aromatic N) is 2. The normalized spacial score (nSPS) is 10.5. The average molecular weight is 191 g/mol. The predicted octanol–water partition coefficient (Wildman–Crippen LogP) is 1.39. The van der Waals surface area contributed by atoms with Crippen molar-refractivity contribution in [3.8, 4) is 0 Å². The molecule has 1 heterocycles. The van der Waals surface area contributed by atoms with Crippen LogP contribution in [0.3, 0.4) is 0 Å². The van der Waals surface area contributed by atoms with E-state index in [-0.39, 0.29) is 5.88 Å². The van der Waals surface area contributed by atoms with E-state index in [4.69, 9.17) is 20.8 Å². The fraction of sp³-hybridized carbons (Fsp3) is 0.714. The predicted molar refractivity (Wildman–Crippen MR) is 44.1 cm³/mol. The molecule has 68 valence electrons. The lowest BCUT2D eigenvalue weighted by atomic mass is 10.3. The second-order valence-corrected chi connectivity index (χ2v) is 2.59. The fourth-order valence-corrected chi connectivity index (χ4v) is 0.919. The van der Waals surface area contributed by atoms with Gasteiger partial charge >= 0.3 is 0 Å². The molecule has 0 spiro atoms. The first-order chi connectivity index (χ1) is 5.86. The van der Waals surface area contributed by atoms with Crippen LogP contribution in [0.1, 0.15) is 18.2 Å². The molecule has 0 fully saturated rings. The van der Waals surface area contributed by atoms with Gasteiger partial charge in [-0.3, -0.25) is 0 Å². The second kappa shape index (κ2) is 5.11. The Labute approximate surface area is 75.9 Å². The number of rotatable bonds is 5. The van der Waals surface area contributed by atoms with Gasteiger partial charge in [0, 0.05) is 20.1 Å². The van der Waals surface area contributed by atoms with Crippen molar-refractivity contribution in [3.05, 3.63) is 11.8 Å². The van der Waals surface area contributed by atoms with Crippen molar-refractivity contribution in [1.82, 2.24) is 10.2 Å². The van der Waals surface area contributed by atoms with Gasteiger partial charge in [0.15, 0.2) is 0 Å². The number of aryl methyl sites for hydroxylation is 1. The largest absolute Gasteiger partial charge is 0.424 e. The van der Waals surface area contributed by atoms with E-state index >= 15 is 0 Å². The minimum Gasteiger partial charge on any atom is -0.424 e. The summed E-state index contributed by atoms with van der Waals surface area (Å²) < 4.78 is 10.1. The summed E-state index contributed by atoms with van der Waals surface area (Å²) in [6.07, 6.45) is 1.64. The van der Waals surface area contributed by atoms with Crippen LogP contribution in [-0.4, -0.2) is 23.9 Å². The molecule has 0 N–H and O–H groups in total. The monoisotopic (exact) mass is 190 g/mol. The van der Waals surface area contributed by atoms with Crippen molar-refractivity contribution < 1.29 is 9.15 Å². The summed E-state index contributed by atoms with van der Waals surface area (Å²) >= 11 is 5.48. The van der Waals surface area contributed by atoms with E-state index in [1.807, 2.05) is 0 Å². The molecule has 1 rings (SSSR count). The maximum Gasteiger partial charge on any atom is 0.231 e. The number of methoxy groups -OCH3 is 1. The first-order valence-corrected chi connectivity index (χ1v) is 4.26. The van der Waals surface area contributed by atoms with Crippen molar-refractivity contribution in [3.63, 3.8) is 0 Å². The highest BCUT2D eigenvalue weighted by atomic mass is 35.5. The third kappa shape index (κ3) is 2.79. The standard InChI is InChI=1S/C7H11ClN2O2/c1-11-4-2-3-6-9-10-7(5-8)12-6/h2-5H2,1H3. The quantitative estimate of drug-likeness (QED) is 0.520. The van der Waals surface area contributed by atoms with Crippen molar-refractivity contribution in [2.45, 2.75) is 18.7 Å². The number of aromatic nitrogens is 2. The van der Waals surface area contributed by atoms with Gasteiger partial charge in [-0.1, -0.05) is 0 Å². The van der Waals surface area contributed by atoms with Crippen LogP contribution in [0.5, 0.6) is 0 Å². The molecule has 0 amide bonds. The maximum atomic E-state index is 5.48. The molecule has 0 saturated carbocycles. The summed E-state index contributed by atoms with van der Waals surface area (Å²) in [6.45, 7) is 0.707. The second-order valence-electron chi connectivity index (χ2n) is 2.32. The number of halogens is 1. The summed E-state index contributed by atoms with van der Waals surface area (Å²) in [5.74, 6) is 1.38. The van der Waals surface area contributed by atoms with Crippen LogP contribution in [0.25, 0.3) is 0 Å². The van der Waals surface area contributed by atoms with E-state index < -0.39 is 0 Å². The van der Waals surface area contributed by atoms with Gasteiger partial charge in [-0.05, 0) is 6.42 Å². The molecular weight excluding hydrogens is 180 g/mol. The summed E-state index contributed by atoms with van der Waals surface area (Å²) in [7, 11) is 1.66. The lowest BCUT2D eigenvalue weighted by molar-refractivity contribution is 0.192. The zero-order valence-electron chi connectivity index (χ0n) is 6.92. The zero-order chi connectivity index (χ0) is 8.81. The Morgan fingerprint density at radius 3 is 2.75 bits per heavy atom. The van der Waals surface area contributed by atoms with E-state index in [1.54, 1.807) is 7.11 Å². The van der Waals surface area contributed by atoms with Gasteiger partial charge < -0.3 is 9.15 Å². The molecule has 0 aliphatic carbocycles. The Morgan fingerprint density at radius 2 is 2.17 bits per heavy atom. The Bertz CT molecular complexity index is 227. The molecule has 12 heavy (non-hydrogen) atoms. The van der Waals surface area contributed by atoms with Gasteiger partial charge in [-0.25, -0.2) is 0 Å². The number of hydrogen-bond donors (Lipinski definition) is 0. The number of hydrogen-bond acceptors (Lipinski definition) is 4. The Kier molecular flexibility index (Phi) is 4.04. The minimum absolute atomic E-state index is 0.275. The molecule has 1 aromatic rings. The number of ether oxygens (including phenoxy) is 1. The molecule has 0 aliphatic heterocycles. The van der Waals surface area contributed by atoms with Crippen molar-refractivity contribution in [2.24, 2.45) is 0 Å². The topological polar surface area (TPSA) is 48.2 Å². The lowest BCUT2D eigenvalue weighted by Crippen LogP contribution is -1.92. The first kappa shape index (κ1) is 9.48. The summed E-state index contributed by atoms with van der Waals surface area (Å²) in [6, 6.07) is 0. The maximum absolute atomic E-state index is 5.48. The van der Waals surface area contributed by atoms with Crippen LogP contribution in [0.4, 0.5) is 0 Å². The highest BCUT2D eigenvalue weighted by molar-refractivity contribution is 6.16. The van der Waals surface area contributed by atoms with E-state index in [1.165, 1.54) is 0 Å². The molecule has 0 unspecified atom stereocenters. The van der Waals surface area contributed by atoms with E-state index in [0.29, 0.717) is 18.4 Å². The molecule has 0 saturated heterocycles. The van der Waals surface area contributed by atoms with Gasteiger partial charge in [-0.2, -0.15) is 0 Å². The van der Waals surface area contributed by atoms with Crippen LogP contribution in [0.2, 0.25) is 0 Å². The van der Waals surface area contributed by atoms with Crippen LogP contribution >= 0.6 is 11.6 Å². The van der Waals surface area contributed by atoms with Crippen molar-refractivity contribution >= 4 is 11.6 Å². The summed E-state index contributed by atoms with van der Waals surface area (Å²) in [5.41, 5.74) is 0. The van der Waals surface area contributed by atoms with Crippen LogP contribution in [0, 0.1) is 0 Å². The van der Waals surface area contributed by atoms with Gasteiger partial charge in [0.05, 0.1) is 0 Å². The highest BCUT2D eigenvalue weighted by Gasteiger charge is 2.03. The summed E-state index contributed by atoms with van der Waals surface area (Å²) in [5, 5.41) is 7.53. The smallest absolute Gasteiger partial charge is 0.231 e. The molecule has 0 aliphatic rings. The fourth-order valence-electron chi connectivity index (χ4n) is 0.811. The molecule has 4 nitrogen and oxygen atoms in total. The lowest BCUT2D eigenvalue weighted by Gasteiger charge is -1.93. The van der Waals surface area contributed by atoms with Crippen molar-refractivity contribution in [2.75, 3.05) is 13.7 Å². The third-order valence-corrected chi connectivity index (χ3v) is 1.59. The van der Waals surface area contributed by atoms with Crippen molar-refractivity contribution in [1.29, 1.82) is 0 Å². The van der Waals surface area contributed by atoms with Crippen LogP contribution in [-0.2, 0) is 17.0 Å². The molecule has 1 aromatic heterocycles. The highest BCUT2D eigenvalue weighted by Crippen LogP contribution is 2.04. The Morgan fingerprint density at radius 1 is 1.42 bits per heavy atom. The van der Waals surface area contributed by atoms with Gasteiger partial charge in [0.2, 0.25) is 11.8 Å².